The second-order valence-electron chi connectivity index (χ2n) is 19.9. The summed E-state index contributed by atoms with van der Waals surface area (Å²) in [7, 11) is -0.686. The molecule has 2 N–H and O–H groups in total. The van der Waals surface area contributed by atoms with Crippen LogP contribution in [-0.4, -0.2) is 115 Å². The average Bonchev–Trinajstić information content (AvgIpc) is 3.27. The Labute approximate surface area is 331 Å². The molecule has 54 heavy (non-hydrogen) atoms. The molecule has 2 heterocycles. The third kappa shape index (κ3) is 11.1. The minimum absolute atomic E-state index is 0.0447. The van der Waals surface area contributed by atoms with Gasteiger partial charge < -0.3 is 47.3 Å². The molecule has 2 rings (SSSR count). The van der Waals surface area contributed by atoms with Gasteiger partial charge in [0, 0.05) is 32.5 Å². The highest BCUT2D eigenvalue weighted by atomic mass is 28.4. The Morgan fingerprint density at radius 3 is 1.85 bits per heavy atom. The van der Waals surface area contributed by atoms with Gasteiger partial charge >= 0.3 is 13.1 Å². The van der Waals surface area contributed by atoms with Gasteiger partial charge in [0.2, 0.25) is 5.79 Å². The van der Waals surface area contributed by atoms with E-state index in [1.165, 1.54) is 14.2 Å². The molecule has 2 aliphatic heterocycles. The molecule has 2 saturated heterocycles. The molecule has 14 heteroatoms. The highest BCUT2D eigenvalue weighted by molar-refractivity contribution is 6.74. The van der Waals surface area contributed by atoms with Crippen molar-refractivity contribution >= 4 is 29.7 Å². The van der Waals surface area contributed by atoms with Gasteiger partial charge in [-0.25, -0.2) is 0 Å². The number of carbonyl (C=O) groups excluding carboxylic acids is 1. The summed E-state index contributed by atoms with van der Waals surface area (Å²) in [5, 5.41) is 24.0. The zero-order valence-corrected chi connectivity index (χ0v) is 39.7. The first kappa shape index (κ1) is 49.5. The molecular weight excluding hydrogens is 723 g/mol. The zero-order valence-electron chi connectivity index (χ0n) is 37.7. The van der Waals surface area contributed by atoms with E-state index in [1.807, 2.05) is 48.5 Å². The van der Waals surface area contributed by atoms with Gasteiger partial charge in [-0.1, -0.05) is 61.5 Å². The number of ether oxygens (including phenoxy) is 4. The van der Waals surface area contributed by atoms with Crippen molar-refractivity contribution in [3.8, 4) is 0 Å². The summed E-state index contributed by atoms with van der Waals surface area (Å²) in [6.45, 7) is 35.9. The molecule has 0 spiro atoms. The monoisotopic (exact) mass is 803 g/mol. The molecule has 0 amide bonds. The maximum Gasteiger partial charge on any atom is 0.489 e. The van der Waals surface area contributed by atoms with Crippen LogP contribution in [0.3, 0.4) is 0 Å². The van der Waals surface area contributed by atoms with E-state index in [9.17, 15) is 15.0 Å². The first-order chi connectivity index (χ1) is 24.3. The van der Waals surface area contributed by atoms with Gasteiger partial charge in [0.1, 0.15) is 6.10 Å². The lowest BCUT2D eigenvalue weighted by Crippen LogP contribution is -2.67. The Kier molecular flexibility index (Phi) is 16.6. The van der Waals surface area contributed by atoms with Crippen LogP contribution in [0.25, 0.3) is 0 Å². The average molecular weight is 803 g/mol. The molecule has 0 bridgehead atoms. The van der Waals surface area contributed by atoms with Gasteiger partial charge in [0.25, 0.3) is 0 Å². The summed E-state index contributed by atoms with van der Waals surface area (Å²) in [5.74, 6) is -2.90. The number of esters is 1. The first-order valence-corrected chi connectivity index (χ1v) is 25.7. The number of hydrogen-bond donors (Lipinski definition) is 2. The van der Waals surface area contributed by atoms with Crippen LogP contribution in [0.5, 0.6) is 0 Å². The van der Waals surface area contributed by atoms with Gasteiger partial charge in [-0.05, 0) is 89.2 Å². The van der Waals surface area contributed by atoms with E-state index < -0.39 is 89.3 Å². The molecule has 11 nitrogen and oxygen atoms in total. The van der Waals surface area contributed by atoms with Crippen LogP contribution in [0.2, 0.25) is 36.3 Å². The lowest BCUT2D eigenvalue weighted by molar-refractivity contribution is -0.367. The molecule has 0 saturated carbocycles. The second-order valence-corrected chi connectivity index (χ2v) is 29.4. The number of aliphatic hydroxyl groups is 2. The minimum Gasteiger partial charge on any atom is -0.469 e. The fourth-order valence-electron chi connectivity index (χ4n) is 6.75. The summed E-state index contributed by atoms with van der Waals surface area (Å²) in [5.41, 5.74) is 0.109. The van der Waals surface area contributed by atoms with Crippen molar-refractivity contribution < 1.29 is 52.1 Å². The molecule has 2 fully saturated rings. The van der Waals surface area contributed by atoms with Gasteiger partial charge in [0.15, 0.2) is 16.6 Å². The molecule has 316 valence electrons. The smallest absolute Gasteiger partial charge is 0.469 e. The maximum absolute atomic E-state index is 12.6. The fraction of sp³-hybridized carbons (Fsp3) is 0.925. The summed E-state index contributed by atoms with van der Waals surface area (Å²) in [4.78, 5) is 12.6. The number of aliphatic hydroxyl groups excluding tert-OH is 2. The van der Waals surface area contributed by atoms with Crippen LogP contribution in [0.15, 0.2) is 11.5 Å². The van der Waals surface area contributed by atoms with Gasteiger partial charge in [-0.15, -0.1) is 0 Å². The summed E-state index contributed by atoms with van der Waals surface area (Å²) < 4.78 is 50.5. The van der Waals surface area contributed by atoms with Crippen molar-refractivity contribution in [3.63, 3.8) is 0 Å². The van der Waals surface area contributed by atoms with Crippen molar-refractivity contribution in [2.75, 3.05) is 21.3 Å². The largest absolute Gasteiger partial charge is 0.489 e. The Morgan fingerprint density at radius 2 is 1.41 bits per heavy atom. The van der Waals surface area contributed by atoms with E-state index in [4.69, 9.17) is 37.1 Å². The number of methoxy groups -OCH3 is 3. The lowest BCUT2D eigenvalue weighted by Gasteiger charge is -2.55. The Morgan fingerprint density at radius 1 is 0.889 bits per heavy atom. The number of hydrogen-bond acceptors (Lipinski definition) is 11. The minimum atomic E-state index is -2.35. The van der Waals surface area contributed by atoms with Crippen LogP contribution in [0, 0.1) is 11.8 Å². The quantitative estimate of drug-likeness (QED) is 0.110. The normalized spacial score (nSPS) is 29.1. The number of carbonyl (C=O) groups is 1. The lowest BCUT2D eigenvalue weighted by atomic mass is 9.76. The Hall–Kier alpha value is -0.651. The molecule has 0 aromatic heterocycles. The molecule has 0 aliphatic carbocycles. The molecule has 0 aromatic carbocycles. The van der Waals surface area contributed by atoms with E-state index >= 15 is 0 Å². The van der Waals surface area contributed by atoms with Crippen LogP contribution in [0.1, 0.15) is 116 Å². The SMILES string of the molecule is COC(=O)C[C@H]1O[C@@](OC)([C@H](O)[C@@H](O)C[C@H](OC)[C@H](CC/C=C(\C)B2OC(C)(C)C(C)(C)O2)O[Si](C)(C)C(C)(C)C)[C@H](C)[C@@H](O[Si](C)(C)C(C)(C)C)[C@H]1C. The standard InChI is InChI=1S/C40H79BO11Si2/c1-26(41-51-38(10,11)39(12,13)52-41)22-21-23-30(49-53(17,18)36(4,5)6)32(45-14)24-29(42)35(44)40(47-16)28(3)34(50-54(19,20)37(7,8)9)27(2)31(48-40)25-33(43)46-15/h22,27-32,34-35,42,44H,21,23-25H2,1-20H3/b26-22+/t27-,28+,29-,30-,31+,32-,34-,35+,40+/m0/s1. The van der Waals surface area contributed by atoms with Gasteiger partial charge in [0.05, 0.1) is 55.3 Å². The van der Waals surface area contributed by atoms with Crippen molar-refractivity contribution in [2.24, 2.45) is 11.8 Å². The zero-order chi connectivity index (χ0) is 42.0. The van der Waals surface area contributed by atoms with Gasteiger partial charge in [-0.3, -0.25) is 4.79 Å². The van der Waals surface area contributed by atoms with Crippen LogP contribution >= 0.6 is 0 Å². The van der Waals surface area contributed by atoms with Crippen LogP contribution in [-0.2, 0) is 41.9 Å². The molecule has 0 unspecified atom stereocenters. The third-order valence-corrected chi connectivity index (χ3v) is 22.5. The fourth-order valence-corrected chi connectivity index (χ4v) is 9.59. The van der Waals surface area contributed by atoms with Crippen molar-refractivity contribution in [1.29, 1.82) is 0 Å². The Bertz CT molecular complexity index is 1250. The van der Waals surface area contributed by atoms with E-state index in [1.54, 1.807) is 7.11 Å². The predicted molar refractivity (Wildman–Crippen MR) is 220 cm³/mol. The molecule has 2 aliphatic rings. The van der Waals surface area contributed by atoms with E-state index in [-0.39, 0.29) is 28.8 Å². The van der Waals surface area contributed by atoms with Crippen molar-refractivity contribution in [2.45, 2.75) is 206 Å². The third-order valence-electron chi connectivity index (χ3n) is 13.5. The number of rotatable bonds is 17. The van der Waals surface area contributed by atoms with Crippen molar-refractivity contribution in [1.82, 2.24) is 0 Å². The first-order valence-electron chi connectivity index (χ1n) is 19.9. The highest BCUT2D eigenvalue weighted by Crippen LogP contribution is 2.48. The van der Waals surface area contributed by atoms with Crippen molar-refractivity contribution in [3.05, 3.63) is 11.5 Å². The van der Waals surface area contributed by atoms with E-state index in [0.717, 1.165) is 5.47 Å². The molecule has 0 radical (unpaired) electrons. The molecular formula is C40H79BO11Si2. The summed E-state index contributed by atoms with van der Waals surface area (Å²) in [6.07, 6.45) is -1.59. The number of allylic oxidation sites excluding steroid dienone is 2. The van der Waals surface area contributed by atoms with Crippen LogP contribution < -0.4 is 0 Å². The topological polar surface area (TPSA) is 131 Å². The highest BCUT2D eigenvalue weighted by Gasteiger charge is 2.60. The summed E-state index contributed by atoms with van der Waals surface area (Å²) in [6, 6.07) is 0. The maximum atomic E-state index is 12.6. The van der Waals surface area contributed by atoms with E-state index in [0.29, 0.717) is 12.8 Å². The Balaban J connectivity index is 2.47. The predicted octanol–water partition coefficient (Wildman–Crippen LogP) is 7.83. The summed E-state index contributed by atoms with van der Waals surface area (Å²) >= 11 is 0. The van der Waals surface area contributed by atoms with E-state index in [2.05, 4.69) is 73.8 Å². The van der Waals surface area contributed by atoms with Crippen LogP contribution in [0.4, 0.5) is 0 Å². The second kappa shape index (κ2) is 18.1. The van der Waals surface area contributed by atoms with Gasteiger partial charge in [-0.2, -0.15) is 0 Å². The molecule has 9 atom stereocenters. The molecule has 0 aromatic rings.